The SMILES string of the molecule is Cc1ccc(C)c(OCc2nnc(SC(C)c3nnc(-c4ccccc4)o3)o2)c1. The highest BCUT2D eigenvalue weighted by Gasteiger charge is 2.19. The topological polar surface area (TPSA) is 87.1 Å². The van der Waals surface area contributed by atoms with Crippen LogP contribution in [0.5, 0.6) is 5.75 Å². The van der Waals surface area contributed by atoms with Crippen molar-refractivity contribution >= 4 is 11.8 Å². The lowest BCUT2D eigenvalue weighted by atomic mass is 10.1. The van der Waals surface area contributed by atoms with E-state index < -0.39 is 0 Å². The Labute approximate surface area is 172 Å². The number of benzene rings is 2. The van der Waals surface area contributed by atoms with Gasteiger partial charge in [-0.3, -0.25) is 0 Å². The predicted molar refractivity (Wildman–Crippen MR) is 109 cm³/mol. The lowest BCUT2D eigenvalue weighted by Gasteiger charge is -2.07. The van der Waals surface area contributed by atoms with Crippen molar-refractivity contribution in [3.63, 3.8) is 0 Å². The normalized spacial score (nSPS) is 12.1. The molecule has 4 rings (SSSR count). The van der Waals surface area contributed by atoms with E-state index in [0.717, 1.165) is 22.4 Å². The maximum absolute atomic E-state index is 5.81. The van der Waals surface area contributed by atoms with Gasteiger partial charge in [0.15, 0.2) is 6.61 Å². The van der Waals surface area contributed by atoms with Crippen molar-refractivity contribution in [1.29, 1.82) is 0 Å². The second-order valence-electron chi connectivity index (χ2n) is 6.59. The van der Waals surface area contributed by atoms with Gasteiger partial charge in [-0.15, -0.1) is 20.4 Å². The first-order valence-corrected chi connectivity index (χ1v) is 10.0. The van der Waals surface area contributed by atoms with Gasteiger partial charge in [-0.25, -0.2) is 0 Å². The molecule has 0 aliphatic heterocycles. The molecule has 148 valence electrons. The van der Waals surface area contributed by atoms with Crippen molar-refractivity contribution in [1.82, 2.24) is 20.4 Å². The molecule has 0 bridgehead atoms. The molecule has 2 aromatic carbocycles. The largest absolute Gasteiger partial charge is 0.484 e. The molecule has 0 fully saturated rings. The number of hydrogen-bond acceptors (Lipinski definition) is 8. The van der Waals surface area contributed by atoms with Crippen LogP contribution in [0.1, 0.15) is 35.1 Å². The van der Waals surface area contributed by atoms with Crippen LogP contribution >= 0.6 is 11.8 Å². The van der Waals surface area contributed by atoms with Crippen LogP contribution in [0.2, 0.25) is 0 Å². The van der Waals surface area contributed by atoms with Crippen LogP contribution in [-0.4, -0.2) is 20.4 Å². The van der Waals surface area contributed by atoms with Gasteiger partial charge in [0.1, 0.15) is 5.75 Å². The van der Waals surface area contributed by atoms with E-state index in [0.29, 0.717) is 22.9 Å². The second-order valence-corrected chi connectivity index (χ2v) is 7.88. The number of rotatable bonds is 7. The third kappa shape index (κ3) is 4.65. The molecule has 2 heterocycles. The summed E-state index contributed by atoms with van der Waals surface area (Å²) in [4.78, 5) is 0. The molecule has 0 saturated carbocycles. The van der Waals surface area contributed by atoms with E-state index in [4.69, 9.17) is 13.6 Å². The molecule has 2 aromatic heterocycles. The van der Waals surface area contributed by atoms with Gasteiger partial charge < -0.3 is 13.6 Å². The van der Waals surface area contributed by atoms with Crippen LogP contribution in [0.3, 0.4) is 0 Å². The van der Waals surface area contributed by atoms with Crippen LogP contribution in [0.4, 0.5) is 0 Å². The average Bonchev–Trinajstić information content (AvgIpc) is 3.39. The van der Waals surface area contributed by atoms with Crippen molar-refractivity contribution in [2.75, 3.05) is 0 Å². The highest BCUT2D eigenvalue weighted by atomic mass is 32.2. The van der Waals surface area contributed by atoms with Crippen LogP contribution in [0, 0.1) is 13.8 Å². The molecule has 0 N–H and O–H groups in total. The van der Waals surface area contributed by atoms with Crippen molar-refractivity contribution in [2.24, 2.45) is 0 Å². The van der Waals surface area contributed by atoms with E-state index in [9.17, 15) is 0 Å². The third-order valence-corrected chi connectivity index (χ3v) is 5.15. The minimum atomic E-state index is -0.131. The molecule has 0 aliphatic carbocycles. The first-order valence-electron chi connectivity index (χ1n) is 9.16. The molecule has 0 saturated heterocycles. The zero-order valence-corrected chi connectivity index (χ0v) is 17.1. The number of ether oxygens (including phenoxy) is 1. The van der Waals surface area contributed by atoms with Crippen LogP contribution in [-0.2, 0) is 6.61 Å². The van der Waals surface area contributed by atoms with Crippen LogP contribution < -0.4 is 4.74 Å². The van der Waals surface area contributed by atoms with Crippen LogP contribution in [0.15, 0.2) is 62.6 Å². The van der Waals surface area contributed by atoms with Gasteiger partial charge in [0.2, 0.25) is 11.8 Å². The number of aromatic nitrogens is 4. The molecule has 7 nitrogen and oxygen atoms in total. The quantitative estimate of drug-likeness (QED) is 0.387. The molecule has 4 aromatic rings. The Morgan fingerprint density at radius 1 is 0.966 bits per heavy atom. The molecular weight excluding hydrogens is 388 g/mol. The Morgan fingerprint density at radius 3 is 2.62 bits per heavy atom. The lowest BCUT2D eigenvalue weighted by Crippen LogP contribution is -1.97. The average molecular weight is 408 g/mol. The molecule has 0 amide bonds. The number of hydrogen-bond donors (Lipinski definition) is 0. The molecular formula is C21H20N4O3S. The van der Waals surface area contributed by atoms with Crippen molar-refractivity contribution < 1.29 is 13.6 Å². The first kappa shape index (κ1) is 19.2. The van der Waals surface area contributed by atoms with Crippen LogP contribution in [0.25, 0.3) is 11.5 Å². The number of thioether (sulfide) groups is 1. The van der Waals surface area contributed by atoms with Crippen molar-refractivity contribution in [2.45, 2.75) is 37.9 Å². The fourth-order valence-corrected chi connectivity index (χ4v) is 3.38. The van der Waals surface area contributed by atoms with E-state index in [1.54, 1.807) is 0 Å². The van der Waals surface area contributed by atoms with Crippen molar-refractivity contribution in [3.05, 3.63) is 71.4 Å². The van der Waals surface area contributed by atoms with E-state index >= 15 is 0 Å². The summed E-state index contributed by atoms with van der Waals surface area (Å²) in [6.07, 6.45) is 0. The Bertz CT molecular complexity index is 1090. The maximum Gasteiger partial charge on any atom is 0.277 e. The van der Waals surface area contributed by atoms with Gasteiger partial charge in [-0.1, -0.05) is 42.1 Å². The minimum Gasteiger partial charge on any atom is -0.484 e. The number of nitrogens with zero attached hydrogens (tertiary/aromatic N) is 4. The lowest BCUT2D eigenvalue weighted by molar-refractivity contribution is 0.250. The highest BCUT2D eigenvalue weighted by Crippen LogP contribution is 2.34. The van der Waals surface area contributed by atoms with Gasteiger partial charge in [-0.2, -0.15) is 0 Å². The summed E-state index contributed by atoms with van der Waals surface area (Å²) in [5.74, 6) is 2.21. The highest BCUT2D eigenvalue weighted by molar-refractivity contribution is 7.99. The molecule has 1 atom stereocenters. The summed E-state index contributed by atoms with van der Waals surface area (Å²) in [7, 11) is 0. The summed E-state index contributed by atoms with van der Waals surface area (Å²) in [5.41, 5.74) is 3.08. The molecule has 29 heavy (non-hydrogen) atoms. The zero-order valence-electron chi connectivity index (χ0n) is 16.3. The van der Waals surface area contributed by atoms with E-state index in [2.05, 4.69) is 20.4 Å². The van der Waals surface area contributed by atoms with Gasteiger partial charge in [0, 0.05) is 5.56 Å². The smallest absolute Gasteiger partial charge is 0.277 e. The standard InChI is InChI=1S/C21H20N4O3S/c1-13-9-10-14(2)17(11-13)26-12-18-22-25-21(27-18)29-15(3)19-23-24-20(28-19)16-7-5-4-6-8-16/h4-11,15H,12H2,1-3H3. The molecule has 0 radical (unpaired) electrons. The molecule has 1 unspecified atom stereocenters. The Hall–Kier alpha value is -3.13. The Morgan fingerprint density at radius 2 is 1.79 bits per heavy atom. The maximum atomic E-state index is 5.81. The monoisotopic (exact) mass is 408 g/mol. The van der Waals surface area contributed by atoms with E-state index in [1.807, 2.05) is 69.3 Å². The molecule has 8 heteroatoms. The number of aryl methyl sites for hydroxylation is 2. The van der Waals surface area contributed by atoms with Gasteiger partial charge >= 0.3 is 0 Å². The second kappa shape index (κ2) is 8.48. The fourth-order valence-electron chi connectivity index (χ4n) is 2.64. The summed E-state index contributed by atoms with van der Waals surface area (Å²) >= 11 is 1.36. The zero-order chi connectivity index (χ0) is 20.2. The predicted octanol–water partition coefficient (Wildman–Crippen LogP) is 5.17. The summed E-state index contributed by atoms with van der Waals surface area (Å²) < 4.78 is 17.3. The van der Waals surface area contributed by atoms with Gasteiger partial charge in [-0.05, 0) is 50.1 Å². The van der Waals surface area contributed by atoms with Crippen molar-refractivity contribution in [3.8, 4) is 17.2 Å². The van der Waals surface area contributed by atoms with Gasteiger partial charge in [0.05, 0.1) is 5.25 Å². The summed E-state index contributed by atoms with van der Waals surface area (Å²) in [6, 6.07) is 15.7. The van der Waals surface area contributed by atoms with E-state index in [-0.39, 0.29) is 11.9 Å². The summed E-state index contributed by atoms with van der Waals surface area (Å²) in [5, 5.41) is 16.7. The Kier molecular flexibility index (Phi) is 5.62. The first-order chi connectivity index (χ1) is 14.1. The fraction of sp³-hybridized carbons (Fsp3) is 0.238. The summed E-state index contributed by atoms with van der Waals surface area (Å²) in [6.45, 7) is 6.18. The third-order valence-electron chi connectivity index (χ3n) is 4.23. The molecule has 0 aliphatic rings. The Balaban J connectivity index is 1.37. The minimum absolute atomic E-state index is 0.131. The molecule has 0 spiro atoms. The van der Waals surface area contributed by atoms with Gasteiger partial charge in [0.25, 0.3) is 11.1 Å². The van der Waals surface area contributed by atoms with E-state index in [1.165, 1.54) is 11.8 Å².